The van der Waals surface area contributed by atoms with Crippen LogP contribution in [0.5, 0.6) is 0 Å². The Labute approximate surface area is 197 Å². The van der Waals surface area contributed by atoms with E-state index in [2.05, 4.69) is 40.7 Å². The molecule has 3 nitrogen and oxygen atoms in total. The first kappa shape index (κ1) is 24.5. The molecule has 0 aromatic heterocycles. The molecule has 0 aromatic carbocycles. The number of hydrogen-bond acceptors (Lipinski definition) is 3. The number of hydrogen-bond donors (Lipinski definition) is 1. The van der Waals surface area contributed by atoms with Crippen molar-refractivity contribution >= 4 is 0 Å². The highest BCUT2D eigenvalue weighted by atomic mass is 16.5. The van der Waals surface area contributed by atoms with Crippen molar-refractivity contribution in [2.45, 2.75) is 117 Å². The van der Waals surface area contributed by atoms with E-state index in [0.29, 0.717) is 23.7 Å². The van der Waals surface area contributed by atoms with Crippen LogP contribution in [0, 0.1) is 63.6 Å². The van der Waals surface area contributed by atoms with Crippen molar-refractivity contribution in [1.29, 1.82) is 5.26 Å². The summed E-state index contributed by atoms with van der Waals surface area (Å²) in [7, 11) is 1.76. The van der Waals surface area contributed by atoms with E-state index in [1.807, 2.05) is 0 Å². The van der Waals surface area contributed by atoms with Gasteiger partial charge in [-0.25, -0.2) is 0 Å². The van der Waals surface area contributed by atoms with Crippen LogP contribution in [0.25, 0.3) is 0 Å². The first-order valence-corrected chi connectivity index (χ1v) is 13.8. The molecular formula is C29H49NO2. The molecule has 4 saturated carbocycles. The van der Waals surface area contributed by atoms with Crippen molar-refractivity contribution in [3.8, 4) is 6.07 Å². The summed E-state index contributed by atoms with van der Waals surface area (Å²) in [4.78, 5) is 0. The van der Waals surface area contributed by atoms with Crippen molar-refractivity contribution < 1.29 is 9.84 Å². The molecule has 10 atom stereocenters. The number of ether oxygens (including phenoxy) is 1. The minimum absolute atomic E-state index is 0.0943. The molecule has 182 valence electrons. The van der Waals surface area contributed by atoms with E-state index < -0.39 is 5.60 Å². The zero-order valence-corrected chi connectivity index (χ0v) is 21.7. The van der Waals surface area contributed by atoms with E-state index in [-0.39, 0.29) is 17.4 Å². The van der Waals surface area contributed by atoms with Gasteiger partial charge in [0.2, 0.25) is 0 Å². The quantitative estimate of drug-likeness (QED) is 0.481. The largest absolute Gasteiger partial charge is 0.388 e. The molecule has 0 radical (unpaired) electrons. The Morgan fingerprint density at radius 2 is 1.78 bits per heavy atom. The molecule has 0 aliphatic heterocycles. The average molecular weight is 444 g/mol. The Balaban J connectivity index is 1.56. The van der Waals surface area contributed by atoms with Crippen molar-refractivity contribution in [2.24, 2.45) is 52.3 Å². The molecule has 3 heteroatoms. The molecule has 0 saturated heterocycles. The number of methoxy groups -OCH3 is 1. The third kappa shape index (κ3) is 3.67. The van der Waals surface area contributed by atoms with Gasteiger partial charge in [-0.15, -0.1) is 0 Å². The zero-order chi connectivity index (χ0) is 23.3. The summed E-state index contributed by atoms with van der Waals surface area (Å²) < 4.78 is 5.68. The molecule has 0 amide bonds. The minimum Gasteiger partial charge on any atom is -0.388 e. The highest BCUT2D eigenvalue weighted by molar-refractivity contribution is 5.20. The summed E-state index contributed by atoms with van der Waals surface area (Å²) in [6, 6.07) is 2.61. The molecule has 0 spiro atoms. The second kappa shape index (κ2) is 8.88. The van der Waals surface area contributed by atoms with Gasteiger partial charge in [-0.2, -0.15) is 5.26 Å². The SMILES string of the molecule is CO[C@H]1CC[C@]2(C)[C@@H]3CC[C@@]4(C)[C@H](CC[C@@H]4[C@H](C)CCCC(C)C)[C@@H]3C[C@H](C#N)[C@@]2(O)C1. The summed E-state index contributed by atoms with van der Waals surface area (Å²) >= 11 is 0. The van der Waals surface area contributed by atoms with E-state index in [1.54, 1.807) is 7.11 Å². The molecule has 32 heavy (non-hydrogen) atoms. The lowest BCUT2D eigenvalue weighted by Gasteiger charge is -2.65. The maximum Gasteiger partial charge on any atom is 0.0885 e. The van der Waals surface area contributed by atoms with Gasteiger partial charge in [0.05, 0.1) is 23.7 Å². The maximum absolute atomic E-state index is 12.0. The lowest BCUT2D eigenvalue weighted by molar-refractivity contribution is -0.239. The van der Waals surface area contributed by atoms with Crippen molar-refractivity contribution in [1.82, 2.24) is 0 Å². The lowest BCUT2D eigenvalue weighted by Crippen LogP contribution is -2.66. The van der Waals surface area contributed by atoms with Crippen LogP contribution in [-0.4, -0.2) is 23.9 Å². The second-order valence-corrected chi connectivity index (χ2v) is 13.3. The van der Waals surface area contributed by atoms with Crippen molar-refractivity contribution in [2.75, 3.05) is 7.11 Å². The van der Waals surface area contributed by atoms with Gasteiger partial charge in [0.1, 0.15) is 0 Å². The highest BCUT2D eigenvalue weighted by Gasteiger charge is 2.67. The number of fused-ring (bicyclic) bond motifs is 5. The van der Waals surface area contributed by atoms with Crippen LogP contribution in [0.4, 0.5) is 0 Å². The van der Waals surface area contributed by atoms with Crippen LogP contribution in [0.15, 0.2) is 0 Å². The number of nitrogens with zero attached hydrogens (tertiary/aromatic N) is 1. The van der Waals surface area contributed by atoms with Crippen LogP contribution in [0.2, 0.25) is 0 Å². The van der Waals surface area contributed by atoms with Crippen LogP contribution in [0.3, 0.4) is 0 Å². The maximum atomic E-state index is 12.0. The predicted molar refractivity (Wildman–Crippen MR) is 130 cm³/mol. The fourth-order valence-corrected chi connectivity index (χ4v) is 9.67. The fraction of sp³-hybridized carbons (Fsp3) is 0.966. The average Bonchev–Trinajstić information content (AvgIpc) is 3.10. The molecule has 0 bridgehead atoms. The third-order valence-corrected chi connectivity index (χ3v) is 11.5. The standard InChI is InChI=1S/C29H49NO2/c1-19(2)8-7-9-20(3)24-10-11-25-23-16-21(18-30)29(31)17-22(32-6)12-15-28(29,5)26(23)13-14-27(24,25)4/h19-26,31H,7-17H2,1-6H3/t20-,21-,22+,23+,24-,25-,26-,27-,28-,29+/m1/s1. The van der Waals surface area contributed by atoms with Gasteiger partial charge in [-0.3, -0.25) is 0 Å². The summed E-state index contributed by atoms with van der Waals surface area (Å²) in [5, 5.41) is 22.2. The van der Waals surface area contributed by atoms with Gasteiger partial charge >= 0.3 is 0 Å². The summed E-state index contributed by atoms with van der Waals surface area (Å²) in [6.07, 6.45) is 13.0. The molecule has 0 aromatic rings. The molecule has 0 heterocycles. The minimum atomic E-state index is -0.891. The Morgan fingerprint density at radius 3 is 2.44 bits per heavy atom. The molecular weight excluding hydrogens is 394 g/mol. The topological polar surface area (TPSA) is 53.2 Å². The molecule has 1 N–H and O–H groups in total. The second-order valence-electron chi connectivity index (χ2n) is 13.3. The third-order valence-electron chi connectivity index (χ3n) is 11.5. The summed E-state index contributed by atoms with van der Waals surface area (Å²) in [5.74, 6) is 4.09. The zero-order valence-electron chi connectivity index (χ0n) is 21.7. The fourth-order valence-electron chi connectivity index (χ4n) is 9.67. The molecule has 4 aliphatic rings. The van der Waals surface area contributed by atoms with Crippen LogP contribution in [-0.2, 0) is 4.74 Å². The van der Waals surface area contributed by atoms with Crippen LogP contribution < -0.4 is 0 Å². The Kier molecular flexibility index (Phi) is 6.81. The van der Waals surface area contributed by atoms with Gasteiger partial charge in [0.25, 0.3) is 0 Å². The normalized spacial score (nSPS) is 49.1. The van der Waals surface area contributed by atoms with E-state index >= 15 is 0 Å². The molecule has 0 unspecified atom stereocenters. The Morgan fingerprint density at radius 1 is 1.03 bits per heavy atom. The van der Waals surface area contributed by atoms with Gasteiger partial charge in [0.15, 0.2) is 0 Å². The monoisotopic (exact) mass is 443 g/mol. The van der Waals surface area contributed by atoms with E-state index in [1.165, 1.54) is 44.9 Å². The Hall–Kier alpha value is -0.590. The lowest BCUT2D eigenvalue weighted by atomic mass is 9.41. The van der Waals surface area contributed by atoms with E-state index in [9.17, 15) is 10.4 Å². The van der Waals surface area contributed by atoms with Crippen molar-refractivity contribution in [3.05, 3.63) is 0 Å². The molecule has 4 rings (SSSR count). The van der Waals surface area contributed by atoms with Gasteiger partial charge in [-0.1, -0.05) is 53.9 Å². The van der Waals surface area contributed by atoms with E-state index in [4.69, 9.17) is 4.74 Å². The molecule has 4 fully saturated rings. The van der Waals surface area contributed by atoms with Crippen LogP contribution in [0.1, 0.15) is 105 Å². The first-order chi connectivity index (χ1) is 15.1. The number of aliphatic hydroxyl groups is 1. The van der Waals surface area contributed by atoms with Crippen LogP contribution >= 0.6 is 0 Å². The number of rotatable bonds is 6. The van der Waals surface area contributed by atoms with Crippen molar-refractivity contribution in [3.63, 3.8) is 0 Å². The van der Waals surface area contributed by atoms with Gasteiger partial charge in [0, 0.05) is 18.9 Å². The van der Waals surface area contributed by atoms with Gasteiger partial charge < -0.3 is 9.84 Å². The number of nitriles is 1. The summed E-state index contributed by atoms with van der Waals surface area (Å²) in [6.45, 7) is 12.2. The first-order valence-electron chi connectivity index (χ1n) is 13.8. The smallest absolute Gasteiger partial charge is 0.0885 e. The Bertz CT molecular complexity index is 714. The summed E-state index contributed by atoms with van der Waals surface area (Å²) in [5.41, 5.74) is -0.612. The predicted octanol–water partition coefficient (Wildman–Crippen LogP) is 6.99. The highest BCUT2D eigenvalue weighted by Crippen LogP contribution is 2.70. The van der Waals surface area contributed by atoms with E-state index in [0.717, 1.165) is 42.9 Å². The molecule has 4 aliphatic carbocycles. The van der Waals surface area contributed by atoms with Gasteiger partial charge in [-0.05, 0) is 85.9 Å².